The van der Waals surface area contributed by atoms with E-state index in [1.165, 1.54) is 25.7 Å². The Morgan fingerprint density at radius 3 is 3.00 bits per heavy atom. The third-order valence-electron chi connectivity index (χ3n) is 6.14. The molecular weight excluding hydrogens is 314 g/mol. The topological polar surface area (TPSA) is 78.8 Å². The van der Waals surface area contributed by atoms with E-state index in [0.717, 1.165) is 42.7 Å². The minimum Gasteiger partial charge on any atom is -0.424 e. The lowest BCUT2D eigenvalue weighted by atomic mass is 9.80. The monoisotopic (exact) mass is 335 g/mol. The Bertz CT molecular complexity index is 865. The number of pyridine rings is 1. The maximum Gasteiger partial charge on any atom is 0.224 e. The number of anilines is 1. The van der Waals surface area contributed by atoms with Crippen LogP contribution in [0.1, 0.15) is 61.1 Å². The molecule has 0 amide bonds. The molecule has 3 fully saturated rings. The molecule has 1 aliphatic heterocycles. The summed E-state index contributed by atoms with van der Waals surface area (Å²) in [6.45, 7) is 3.76. The van der Waals surface area contributed by atoms with Gasteiger partial charge in [0.1, 0.15) is 6.07 Å². The highest BCUT2D eigenvalue weighted by molar-refractivity contribution is 5.60. The molecule has 0 unspecified atom stereocenters. The van der Waals surface area contributed by atoms with E-state index < -0.39 is 0 Å². The number of hydrogen-bond acceptors (Lipinski definition) is 6. The van der Waals surface area contributed by atoms with Crippen molar-refractivity contribution in [3.63, 3.8) is 0 Å². The minimum atomic E-state index is -0.0515. The summed E-state index contributed by atoms with van der Waals surface area (Å²) >= 11 is 0. The zero-order chi connectivity index (χ0) is 17.0. The Labute approximate surface area is 146 Å². The lowest BCUT2D eigenvalue weighted by Gasteiger charge is -2.25. The van der Waals surface area contributed by atoms with Gasteiger partial charge in [0.25, 0.3) is 0 Å². The van der Waals surface area contributed by atoms with Gasteiger partial charge in [0.2, 0.25) is 11.8 Å². The van der Waals surface area contributed by atoms with Crippen LogP contribution in [0, 0.1) is 24.2 Å². The van der Waals surface area contributed by atoms with Crippen molar-refractivity contribution in [3.8, 4) is 6.07 Å². The first kappa shape index (κ1) is 14.9. The Morgan fingerprint density at radius 1 is 1.32 bits per heavy atom. The molecule has 128 valence electrons. The van der Waals surface area contributed by atoms with Crippen molar-refractivity contribution in [2.45, 2.75) is 50.4 Å². The molecule has 5 rings (SSSR count). The van der Waals surface area contributed by atoms with E-state index in [1.807, 2.05) is 13.0 Å². The lowest BCUT2D eigenvalue weighted by molar-refractivity contribution is 0.296. The summed E-state index contributed by atoms with van der Waals surface area (Å²) in [5.74, 6) is 2.65. The fraction of sp³-hybridized carbons (Fsp3) is 0.579. The summed E-state index contributed by atoms with van der Waals surface area (Å²) in [5, 5.41) is 18.3. The van der Waals surface area contributed by atoms with Gasteiger partial charge in [-0.25, -0.2) is 0 Å². The van der Waals surface area contributed by atoms with Crippen LogP contribution in [0.5, 0.6) is 0 Å². The van der Waals surface area contributed by atoms with E-state index in [1.54, 1.807) is 6.20 Å². The van der Waals surface area contributed by atoms with Crippen LogP contribution in [0.25, 0.3) is 0 Å². The predicted octanol–water partition coefficient (Wildman–Crippen LogP) is 3.08. The van der Waals surface area contributed by atoms with Crippen molar-refractivity contribution in [3.05, 3.63) is 35.3 Å². The molecule has 2 aliphatic carbocycles. The molecule has 2 atom stereocenters. The van der Waals surface area contributed by atoms with Crippen LogP contribution < -0.4 is 4.90 Å². The van der Waals surface area contributed by atoms with Crippen molar-refractivity contribution < 1.29 is 4.42 Å². The summed E-state index contributed by atoms with van der Waals surface area (Å²) in [4.78, 5) is 6.60. The molecule has 2 saturated carbocycles. The highest BCUT2D eigenvalue weighted by atomic mass is 16.4. The molecule has 0 radical (unpaired) electrons. The second kappa shape index (κ2) is 5.29. The van der Waals surface area contributed by atoms with Crippen molar-refractivity contribution in [1.29, 1.82) is 5.26 Å². The second-order valence-electron chi connectivity index (χ2n) is 7.80. The van der Waals surface area contributed by atoms with Gasteiger partial charge in [-0.15, -0.1) is 10.2 Å². The van der Waals surface area contributed by atoms with Gasteiger partial charge in [-0.2, -0.15) is 5.26 Å². The number of fused-ring (bicyclic) bond motifs is 1. The predicted molar refractivity (Wildman–Crippen MR) is 91.2 cm³/mol. The zero-order valence-electron chi connectivity index (χ0n) is 14.4. The number of rotatable bonds is 3. The standard InChI is InChI=1S/C19H21N5O/c1-12-7-16(14(8-20)9-21-12)24-10-15-3-2-6-19(15,11-24)18-23-22-17(25-18)13-4-5-13/h7,9,13,15H,2-6,10-11H2,1H3/t15-,19-/m0/s1. The normalized spacial score (nSPS) is 28.2. The Morgan fingerprint density at radius 2 is 2.20 bits per heavy atom. The molecule has 3 aliphatic rings. The molecular formula is C19H21N5O. The van der Waals surface area contributed by atoms with Gasteiger partial charge < -0.3 is 9.32 Å². The average Bonchev–Trinajstić information content (AvgIpc) is 3.05. The molecule has 1 saturated heterocycles. The van der Waals surface area contributed by atoms with Crippen LogP contribution >= 0.6 is 0 Å². The van der Waals surface area contributed by atoms with Gasteiger partial charge in [0.15, 0.2) is 0 Å². The molecule has 2 aromatic heterocycles. The summed E-state index contributed by atoms with van der Waals surface area (Å²) in [6.07, 6.45) is 7.51. The van der Waals surface area contributed by atoms with E-state index in [-0.39, 0.29) is 5.41 Å². The lowest BCUT2D eigenvalue weighted by Crippen LogP contribution is -2.32. The molecule has 25 heavy (non-hydrogen) atoms. The van der Waals surface area contributed by atoms with Crippen LogP contribution in [0.15, 0.2) is 16.7 Å². The fourth-order valence-corrected chi connectivity index (χ4v) is 4.65. The molecule has 0 aromatic carbocycles. The maximum atomic E-state index is 9.47. The van der Waals surface area contributed by atoms with Gasteiger partial charge in [-0.3, -0.25) is 4.98 Å². The Hall–Kier alpha value is -2.42. The van der Waals surface area contributed by atoms with Gasteiger partial charge in [-0.05, 0) is 44.6 Å². The summed E-state index contributed by atoms with van der Waals surface area (Å²) in [6, 6.07) is 4.31. The number of nitriles is 1. The van der Waals surface area contributed by atoms with Crippen LogP contribution in [0.3, 0.4) is 0 Å². The SMILES string of the molecule is Cc1cc(N2C[C@@H]3CCC[C@]3(c3nnc(C4CC4)o3)C2)c(C#N)cn1. The smallest absolute Gasteiger partial charge is 0.224 e. The Kier molecular flexibility index (Phi) is 3.15. The quantitative estimate of drug-likeness (QED) is 0.857. The van der Waals surface area contributed by atoms with Crippen LogP contribution in [-0.4, -0.2) is 28.3 Å². The van der Waals surface area contributed by atoms with Crippen LogP contribution in [-0.2, 0) is 5.41 Å². The molecule has 0 N–H and O–H groups in total. The first-order valence-electron chi connectivity index (χ1n) is 9.15. The largest absolute Gasteiger partial charge is 0.424 e. The summed E-state index contributed by atoms with van der Waals surface area (Å²) in [7, 11) is 0. The van der Waals surface area contributed by atoms with Crippen molar-refractivity contribution in [1.82, 2.24) is 15.2 Å². The second-order valence-corrected chi connectivity index (χ2v) is 7.80. The van der Waals surface area contributed by atoms with Crippen LogP contribution in [0.4, 0.5) is 5.69 Å². The minimum absolute atomic E-state index is 0.0515. The van der Waals surface area contributed by atoms with E-state index >= 15 is 0 Å². The van der Waals surface area contributed by atoms with E-state index in [9.17, 15) is 5.26 Å². The molecule has 6 nitrogen and oxygen atoms in total. The third kappa shape index (κ3) is 2.25. The first-order valence-corrected chi connectivity index (χ1v) is 9.15. The molecule has 6 heteroatoms. The maximum absolute atomic E-state index is 9.47. The third-order valence-corrected chi connectivity index (χ3v) is 6.14. The number of aromatic nitrogens is 3. The zero-order valence-corrected chi connectivity index (χ0v) is 14.4. The number of hydrogen-bond donors (Lipinski definition) is 0. The molecule has 3 heterocycles. The van der Waals surface area contributed by atoms with Gasteiger partial charge in [0.05, 0.1) is 16.7 Å². The highest BCUT2D eigenvalue weighted by Gasteiger charge is 2.54. The fourth-order valence-electron chi connectivity index (χ4n) is 4.65. The Balaban J connectivity index is 1.51. The van der Waals surface area contributed by atoms with Gasteiger partial charge in [0, 0.05) is 30.9 Å². The average molecular weight is 335 g/mol. The molecule has 0 spiro atoms. The van der Waals surface area contributed by atoms with E-state index in [0.29, 0.717) is 17.4 Å². The molecule has 2 aromatic rings. The van der Waals surface area contributed by atoms with Crippen LogP contribution in [0.2, 0.25) is 0 Å². The summed E-state index contributed by atoms with van der Waals surface area (Å²) in [5.41, 5.74) is 2.52. The molecule has 0 bridgehead atoms. The van der Waals surface area contributed by atoms with E-state index in [4.69, 9.17) is 4.42 Å². The van der Waals surface area contributed by atoms with Crippen molar-refractivity contribution >= 4 is 5.69 Å². The highest BCUT2D eigenvalue weighted by Crippen LogP contribution is 2.52. The number of aryl methyl sites for hydroxylation is 1. The van der Waals surface area contributed by atoms with Crippen molar-refractivity contribution in [2.75, 3.05) is 18.0 Å². The van der Waals surface area contributed by atoms with Gasteiger partial charge in [-0.1, -0.05) is 6.42 Å². The summed E-state index contributed by atoms with van der Waals surface area (Å²) < 4.78 is 6.13. The number of nitrogens with zero attached hydrogens (tertiary/aromatic N) is 5. The first-order chi connectivity index (χ1) is 12.2. The van der Waals surface area contributed by atoms with Crippen molar-refractivity contribution in [2.24, 2.45) is 5.92 Å². The van der Waals surface area contributed by atoms with Gasteiger partial charge >= 0.3 is 0 Å². The van der Waals surface area contributed by atoms with E-state index in [2.05, 4.69) is 26.2 Å².